The standard InChI is InChI=1S/C37H62N2O6/c1-3-4-5-6-7-8-9-10-11-12-13-14-15-16-17-18-19-20-24-27-34(40)38-31(2)36(43)39-33(28-29-35(41)42)37(44)45-30-32-25-22-21-23-26-32/h21-23,25-26,31,33H,3-20,24,27-30H2,1-2H3,(H,38,40)(H,39,43)(H,41,42)/p-1/t31-,33+/m0/s1. The Hall–Kier alpha value is -2.90. The van der Waals surface area contributed by atoms with Gasteiger partial charge < -0.3 is 25.3 Å². The van der Waals surface area contributed by atoms with Gasteiger partial charge in [-0.25, -0.2) is 4.79 Å². The summed E-state index contributed by atoms with van der Waals surface area (Å²) >= 11 is 0. The minimum Gasteiger partial charge on any atom is -0.550 e. The molecule has 1 aromatic carbocycles. The molecule has 45 heavy (non-hydrogen) atoms. The van der Waals surface area contributed by atoms with E-state index in [-0.39, 0.29) is 18.9 Å². The average Bonchev–Trinajstić information content (AvgIpc) is 3.03. The lowest BCUT2D eigenvalue weighted by molar-refractivity contribution is -0.305. The van der Waals surface area contributed by atoms with E-state index in [0.717, 1.165) is 24.8 Å². The number of hydrogen-bond acceptors (Lipinski definition) is 6. The van der Waals surface area contributed by atoms with Crippen LogP contribution in [0.5, 0.6) is 0 Å². The summed E-state index contributed by atoms with van der Waals surface area (Å²) in [5, 5.41) is 16.1. The molecular weight excluding hydrogens is 568 g/mol. The van der Waals surface area contributed by atoms with E-state index < -0.39 is 36.4 Å². The van der Waals surface area contributed by atoms with Crippen LogP contribution >= 0.6 is 0 Å². The van der Waals surface area contributed by atoms with E-state index in [2.05, 4.69) is 17.6 Å². The third-order valence-electron chi connectivity index (χ3n) is 8.24. The summed E-state index contributed by atoms with van der Waals surface area (Å²) in [6, 6.07) is 7.02. The molecule has 0 aliphatic heterocycles. The molecular formula is C37H61N2O6-. The zero-order chi connectivity index (χ0) is 33.0. The number of hydrogen-bond donors (Lipinski definition) is 2. The lowest BCUT2D eigenvalue weighted by atomic mass is 10.0. The number of ether oxygens (including phenoxy) is 1. The molecule has 0 saturated heterocycles. The number of aliphatic carboxylic acids is 1. The highest BCUT2D eigenvalue weighted by atomic mass is 16.5. The predicted octanol–water partition coefficient (Wildman–Crippen LogP) is 7.07. The van der Waals surface area contributed by atoms with Crippen LogP contribution in [0.1, 0.15) is 161 Å². The van der Waals surface area contributed by atoms with Crippen molar-refractivity contribution in [3.8, 4) is 0 Å². The van der Waals surface area contributed by atoms with Crippen LogP contribution in [0.25, 0.3) is 0 Å². The molecule has 0 heterocycles. The normalized spacial score (nSPS) is 12.3. The van der Waals surface area contributed by atoms with Crippen LogP contribution in [0.15, 0.2) is 30.3 Å². The second kappa shape index (κ2) is 27.4. The third kappa shape index (κ3) is 23.1. The fourth-order valence-corrected chi connectivity index (χ4v) is 5.38. The van der Waals surface area contributed by atoms with Crippen LogP contribution in [0.2, 0.25) is 0 Å². The molecule has 0 radical (unpaired) electrons. The van der Waals surface area contributed by atoms with Gasteiger partial charge in [0.25, 0.3) is 0 Å². The van der Waals surface area contributed by atoms with E-state index in [4.69, 9.17) is 4.74 Å². The van der Waals surface area contributed by atoms with E-state index in [9.17, 15) is 24.3 Å². The molecule has 0 aliphatic carbocycles. The lowest BCUT2D eigenvalue weighted by Gasteiger charge is -2.21. The molecule has 2 N–H and O–H groups in total. The molecule has 0 spiro atoms. The summed E-state index contributed by atoms with van der Waals surface area (Å²) in [5.41, 5.74) is 0.770. The van der Waals surface area contributed by atoms with Gasteiger partial charge in [-0.15, -0.1) is 0 Å². The second-order valence-corrected chi connectivity index (χ2v) is 12.5. The molecule has 8 heteroatoms. The number of nitrogens with one attached hydrogen (secondary N) is 2. The number of rotatable bonds is 29. The molecule has 1 rings (SSSR count). The number of carboxylic acids is 1. The maximum Gasteiger partial charge on any atom is 0.328 e. The molecule has 2 atom stereocenters. The van der Waals surface area contributed by atoms with Gasteiger partial charge in [0.05, 0.1) is 0 Å². The van der Waals surface area contributed by atoms with Gasteiger partial charge in [-0.2, -0.15) is 0 Å². The Balaban J connectivity index is 2.09. The van der Waals surface area contributed by atoms with E-state index in [1.165, 1.54) is 110 Å². The van der Waals surface area contributed by atoms with E-state index in [1.54, 1.807) is 12.1 Å². The van der Waals surface area contributed by atoms with Crippen molar-refractivity contribution in [2.45, 2.75) is 174 Å². The van der Waals surface area contributed by atoms with Crippen LogP contribution in [-0.2, 0) is 30.5 Å². The Kier molecular flexibility index (Phi) is 24.4. The van der Waals surface area contributed by atoms with E-state index in [0.29, 0.717) is 6.42 Å². The van der Waals surface area contributed by atoms with Gasteiger partial charge in [0.15, 0.2) is 0 Å². The summed E-state index contributed by atoms with van der Waals surface area (Å²) in [6.07, 6.45) is 24.3. The highest BCUT2D eigenvalue weighted by Crippen LogP contribution is 2.15. The molecule has 0 aliphatic rings. The number of benzene rings is 1. The fourth-order valence-electron chi connectivity index (χ4n) is 5.38. The smallest absolute Gasteiger partial charge is 0.328 e. The topological polar surface area (TPSA) is 125 Å². The number of carbonyl (C=O) groups excluding carboxylic acids is 4. The fraction of sp³-hybridized carbons (Fsp3) is 0.730. The quantitative estimate of drug-likeness (QED) is 0.0721. The zero-order valence-corrected chi connectivity index (χ0v) is 28.3. The summed E-state index contributed by atoms with van der Waals surface area (Å²) < 4.78 is 5.28. The molecule has 8 nitrogen and oxygen atoms in total. The maximum atomic E-state index is 12.7. The summed E-state index contributed by atoms with van der Waals surface area (Å²) in [5.74, 6) is -2.86. The van der Waals surface area contributed by atoms with Crippen molar-refractivity contribution in [3.05, 3.63) is 35.9 Å². The second-order valence-electron chi connectivity index (χ2n) is 12.5. The van der Waals surface area contributed by atoms with Gasteiger partial charge in [0.1, 0.15) is 18.7 Å². The first-order chi connectivity index (χ1) is 21.8. The van der Waals surface area contributed by atoms with Crippen LogP contribution in [-0.4, -0.2) is 35.8 Å². The van der Waals surface area contributed by atoms with Crippen LogP contribution < -0.4 is 15.7 Å². The minimum atomic E-state index is -1.33. The van der Waals surface area contributed by atoms with Crippen molar-refractivity contribution >= 4 is 23.8 Å². The molecule has 0 bridgehead atoms. The largest absolute Gasteiger partial charge is 0.550 e. The van der Waals surface area contributed by atoms with Gasteiger partial charge >= 0.3 is 5.97 Å². The van der Waals surface area contributed by atoms with Crippen molar-refractivity contribution in [1.29, 1.82) is 0 Å². The van der Waals surface area contributed by atoms with Crippen molar-refractivity contribution in [1.82, 2.24) is 10.6 Å². The van der Waals surface area contributed by atoms with Gasteiger partial charge in [0.2, 0.25) is 11.8 Å². The highest BCUT2D eigenvalue weighted by Gasteiger charge is 2.25. The Bertz CT molecular complexity index is 923. The van der Waals surface area contributed by atoms with Crippen molar-refractivity contribution < 1.29 is 29.0 Å². The Morgan fingerprint density at radius 1 is 0.667 bits per heavy atom. The first-order valence-corrected chi connectivity index (χ1v) is 17.8. The summed E-state index contributed by atoms with van der Waals surface area (Å²) in [4.78, 5) is 48.5. The average molecular weight is 630 g/mol. The summed E-state index contributed by atoms with van der Waals surface area (Å²) in [6.45, 7) is 3.81. The van der Waals surface area contributed by atoms with Crippen molar-refractivity contribution in [3.63, 3.8) is 0 Å². The Labute approximate surface area is 272 Å². The molecule has 0 fully saturated rings. The van der Waals surface area contributed by atoms with Gasteiger partial charge in [0, 0.05) is 12.4 Å². The summed E-state index contributed by atoms with van der Waals surface area (Å²) in [7, 11) is 0. The molecule has 0 unspecified atom stereocenters. The highest BCUT2D eigenvalue weighted by molar-refractivity contribution is 5.90. The van der Waals surface area contributed by atoms with Crippen LogP contribution in [0.4, 0.5) is 0 Å². The molecule has 0 aromatic heterocycles. The van der Waals surface area contributed by atoms with E-state index >= 15 is 0 Å². The number of carbonyl (C=O) groups is 4. The minimum absolute atomic E-state index is 0.00307. The van der Waals surface area contributed by atoms with Gasteiger partial charge in [-0.3, -0.25) is 9.59 Å². The lowest BCUT2D eigenvalue weighted by Crippen LogP contribution is -2.51. The molecule has 2 amide bonds. The number of carboxylic acid groups (broad SMARTS) is 1. The number of amides is 2. The van der Waals surface area contributed by atoms with Crippen LogP contribution in [0.3, 0.4) is 0 Å². The van der Waals surface area contributed by atoms with Crippen molar-refractivity contribution in [2.75, 3.05) is 0 Å². The van der Waals surface area contributed by atoms with Gasteiger partial charge in [-0.05, 0) is 31.7 Å². The molecule has 256 valence electrons. The SMILES string of the molecule is CCCCCCCCCCCCCCCCCCCCCC(=O)N[C@@H](C)C(=O)N[C@H](CCC(=O)[O-])C(=O)OCc1ccccc1. The van der Waals surface area contributed by atoms with Crippen molar-refractivity contribution in [2.24, 2.45) is 0 Å². The first kappa shape index (κ1) is 40.1. The monoisotopic (exact) mass is 629 g/mol. The zero-order valence-electron chi connectivity index (χ0n) is 28.3. The van der Waals surface area contributed by atoms with Gasteiger partial charge in [-0.1, -0.05) is 153 Å². The first-order valence-electron chi connectivity index (χ1n) is 17.8. The third-order valence-corrected chi connectivity index (χ3v) is 8.24. The molecule has 0 saturated carbocycles. The Morgan fingerprint density at radius 3 is 1.60 bits per heavy atom. The maximum absolute atomic E-state index is 12.7. The Morgan fingerprint density at radius 2 is 1.13 bits per heavy atom. The predicted molar refractivity (Wildman–Crippen MR) is 178 cm³/mol. The van der Waals surface area contributed by atoms with E-state index in [1.807, 2.05) is 18.2 Å². The number of esters is 1. The molecule has 1 aromatic rings. The number of unbranched alkanes of at least 4 members (excludes halogenated alkanes) is 18. The van der Waals surface area contributed by atoms with Crippen LogP contribution in [0, 0.1) is 0 Å².